The van der Waals surface area contributed by atoms with Crippen LogP contribution in [0.4, 0.5) is 5.82 Å². The standard InChI is InChI=1S/C19H21N5O6/c25-7-12-14(26)15(27)18(30-12)24-9-22-13-16(20-8-21-17(13)24)23-11(19(28)29)6-10-4-2-1-3-5-10/h1-5,8-9,11-12,14-15,18,25-27H,6-7H2,(H,28,29)(H,20,21,23)/t11-,12+,14?,15-,18+/m0/s1. The summed E-state index contributed by atoms with van der Waals surface area (Å²) >= 11 is 0. The van der Waals surface area contributed by atoms with Crippen LogP contribution < -0.4 is 5.32 Å². The molecule has 1 fully saturated rings. The van der Waals surface area contributed by atoms with E-state index < -0.39 is 43.2 Å². The molecule has 0 radical (unpaired) electrons. The number of hydrogen-bond acceptors (Lipinski definition) is 9. The van der Waals surface area contributed by atoms with Crippen molar-refractivity contribution in [1.29, 1.82) is 0 Å². The van der Waals surface area contributed by atoms with Crippen molar-refractivity contribution in [3.8, 4) is 0 Å². The molecule has 11 heteroatoms. The Hall–Kier alpha value is -3.12. The number of aliphatic hydroxyl groups excluding tert-OH is 3. The first-order valence-corrected chi connectivity index (χ1v) is 9.33. The van der Waals surface area contributed by atoms with Crippen molar-refractivity contribution in [2.75, 3.05) is 11.9 Å². The lowest BCUT2D eigenvalue weighted by molar-refractivity contribution is -0.137. The van der Waals surface area contributed by atoms with Crippen molar-refractivity contribution in [3.05, 3.63) is 48.5 Å². The zero-order valence-corrected chi connectivity index (χ0v) is 15.7. The molecule has 158 valence electrons. The number of fused-ring (bicyclic) bond motifs is 1. The molecule has 1 saturated heterocycles. The highest BCUT2D eigenvalue weighted by Crippen LogP contribution is 2.32. The van der Waals surface area contributed by atoms with Crippen molar-refractivity contribution in [1.82, 2.24) is 19.5 Å². The quantitative estimate of drug-likeness (QED) is 0.341. The molecule has 1 unspecified atom stereocenters. The first-order valence-electron chi connectivity index (χ1n) is 9.33. The lowest BCUT2D eigenvalue weighted by Gasteiger charge is -2.17. The largest absolute Gasteiger partial charge is 0.480 e. The topological polar surface area (TPSA) is 163 Å². The van der Waals surface area contributed by atoms with Crippen LogP contribution in [-0.2, 0) is 16.0 Å². The molecule has 2 aromatic heterocycles. The number of aliphatic hydroxyl groups is 3. The number of aromatic nitrogens is 4. The first-order chi connectivity index (χ1) is 14.5. The first kappa shape index (κ1) is 20.2. The Morgan fingerprint density at radius 2 is 1.93 bits per heavy atom. The fourth-order valence-electron chi connectivity index (χ4n) is 3.47. The van der Waals surface area contributed by atoms with E-state index in [-0.39, 0.29) is 23.4 Å². The minimum Gasteiger partial charge on any atom is -0.480 e. The van der Waals surface area contributed by atoms with E-state index in [1.54, 1.807) is 0 Å². The number of nitrogens with one attached hydrogen (secondary N) is 1. The van der Waals surface area contributed by atoms with Crippen LogP contribution in [0, 0.1) is 0 Å². The molecule has 3 aromatic rings. The average molecular weight is 415 g/mol. The molecule has 1 aromatic carbocycles. The molecule has 1 aliphatic rings. The third kappa shape index (κ3) is 3.71. The minimum atomic E-state index is -1.30. The molecule has 11 nitrogen and oxygen atoms in total. The average Bonchev–Trinajstić information content (AvgIpc) is 3.30. The molecule has 1 aliphatic heterocycles. The van der Waals surface area contributed by atoms with Crippen LogP contribution in [0.5, 0.6) is 0 Å². The van der Waals surface area contributed by atoms with Gasteiger partial charge in [-0.05, 0) is 5.56 Å². The van der Waals surface area contributed by atoms with Crippen LogP contribution >= 0.6 is 0 Å². The molecule has 3 heterocycles. The van der Waals surface area contributed by atoms with Crippen molar-refractivity contribution in [2.45, 2.75) is 37.0 Å². The number of nitrogens with zero attached hydrogens (tertiary/aromatic N) is 4. The van der Waals surface area contributed by atoms with E-state index in [4.69, 9.17) is 4.74 Å². The lowest BCUT2D eigenvalue weighted by atomic mass is 10.1. The Labute approximate surface area is 170 Å². The van der Waals surface area contributed by atoms with Gasteiger partial charge in [0.15, 0.2) is 23.2 Å². The Balaban J connectivity index is 1.62. The highest BCUT2D eigenvalue weighted by molar-refractivity contribution is 5.86. The fourth-order valence-corrected chi connectivity index (χ4v) is 3.47. The van der Waals surface area contributed by atoms with Gasteiger partial charge in [-0.25, -0.2) is 19.7 Å². The highest BCUT2D eigenvalue weighted by Gasteiger charge is 2.44. The summed E-state index contributed by atoms with van der Waals surface area (Å²) < 4.78 is 6.94. The van der Waals surface area contributed by atoms with Crippen LogP contribution in [0.25, 0.3) is 11.2 Å². The van der Waals surface area contributed by atoms with Gasteiger partial charge in [0.05, 0.1) is 12.9 Å². The number of aliphatic carboxylic acids is 1. The minimum absolute atomic E-state index is 0.217. The Morgan fingerprint density at radius 3 is 2.60 bits per heavy atom. The van der Waals surface area contributed by atoms with Crippen LogP contribution in [0.3, 0.4) is 0 Å². The number of carboxylic acid groups (broad SMARTS) is 1. The molecule has 4 rings (SSSR count). The number of hydrogen-bond donors (Lipinski definition) is 5. The molecule has 0 aliphatic carbocycles. The maximum Gasteiger partial charge on any atom is 0.326 e. The third-order valence-electron chi connectivity index (χ3n) is 5.04. The van der Waals surface area contributed by atoms with E-state index in [0.29, 0.717) is 0 Å². The zero-order valence-electron chi connectivity index (χ0n) is 15.7. The van der Waals surface area contributed by atoms with Gasteiger partial charge >= 0.3 is 5.97 Å². The smallest absolute Gasteiger partial charge is 0.326 e. The summed E-state index contributed by atoms with van der Waals surface area (Å²) in [5.41, 5.74) is 1.42. The van der Waals surface area contributed by atoms with Gasteiger partial charge in [0.25, 0.3) is 0 Å². The molecular weight excluding hydrogens is 394 g/mol. The summed E-state index contributed by atoms with van der Waals surface area (Å²) in [4.78, 5) is 24.3. The molecule has 30 heavy (non-hydrogen) atoms. The van der Waals surface area contributed by atoms with Gasteiger partial charge < -0.3 is 30.5 Å². The van der Waals surface area contributed by atoms with E-state index in [2.05, 4.69) is 20.3 Å². The predicted molar refractivity (Wildman–Crippen MR) is 104 cm³/mol. The molecule has 5 N–H and O–H groups in total. The third-order valence-corrected chi connectivity index (χ3v) is 5.04. The maximum absolute atomic E-state index is 11.8. The van der Waals surface area contributed by atoms with E-state index in [1.807, 2.05) is 30.3 Å². The molecule has 0 amide bonds. The second-order valence-electron chi connectivity index (χ2n) is 7.00. The van der Waals surface area contributed by atoms with E-state index in [1.165, 1.54) is 17.2 Å². The van der Waals surface area contributed by atoms with E-state index >= 15 is 0 Å². The van der Waals surface area contributed by atoms with Crippen LogP contribution in [0.15, 0.2) is 43.0 Å². The molecular formula is C19H21N5O6. The summed E-state index contributed by atoms with van der Waals surface area (Å²) in [7, 11) is 0. The van der Waals surface area contributed by atoms with Gasteiger partial charge in [0.2, 0.25) is 0 Å². The number of anilines is 1. The van der Waals surface area contributed by atoms with Crippen LogP contribution in [0.1, 0.15) is 11.8 Å². The number of ether oxygens (including phenoxy) is 1. The summed E-state index contributed by atoms with van der Waals surface area (Å²) in [5, 5.41) is 42.1. The van der Waals surface area contributed by atoms with Gasteiger partial charge in [-0.3, -0.25) is 4.57 Å². The Morgan fingerprint density at radius 1 is 1.17 bits per heavy atom. The van der Waals surface area contributed by atoms with Gasteiger partial charge in [0, 0.05) is 6.42 Å². The normalized spacial score (nSPS) is 24.8. The van der Waals surface area contributed by atoms with Gasteiger partial charge in [0.1, 0.15) is 30.7 Å². The number of carboxylic acids is 1. The van der Waals surface area contributed by atoms with Crippen molar-refractivity contribution in [3.63, 3.8) is 0 Å². The Bertz CT molecular complexity index is 1030. The summed E-state index contributed by atoms with van der Waals surface area (Å²) in [6.45, 7) is -0.455. The van der Waals surface area contributed by atoms with Crippen LogP contribution in [0.2, 0.25) is 0 Å². The molecule has 0 saturated carbocycles. The van der Waals surface area contributed by atoms with Crippen LogP contribution in [-0.4, -0.2) is 76.9 Å². The number of rotatable bonds is 7. The Kier molecular flexibility index (Phi) is 5.59. The van der Waals surface area contributed by atoms with E-state index in [9.17, 15) is 25.2 Å². The number of benzene rings is 1. The monoisotopic (exact) mass is 415 g/mol. The fraction of sp³-hybridized carbons (Fsp3) is 0.368. The molecule has 5 atom stereocenters. The number of imidazole rings is 1. The summed E-state index contributed by atoms with van der Waals surface area (Å²) in [6.07, 6.45) is -1.68. The SMILES string of the molecule is O=C(O)[C@H](Cc1ccccc1)Nc1ncnc2c1ncn2[C@@H]1O[C@H](CO)C(O)[C@@H]1O. The highest BCUT2D eigenvalue weighted by atomic mass is 16.6. The van der Waals surface area contributed by atoms with Gasteiger partial charge in [-0.1, -0.05) is 30.3 Å². The predicted octanol–water partition coefficient (Wildman–Crippen LogP) is -0.454. The number of carbonyl (C=O) groups is 1. The summed E-state index contributed by atoms with van der Waals surface area (Å²) in [5.74, 6) is -0.831. The van der Waals surface area contributed by atoms with Crippen molar-refractivity contribution >= 4 is 23.0 Å². The lowest BCUT2D eigenvalue weighted by Crippen LogP contribution is -2.33. The molecule has 0 spiro atoms. The maximum atomic E-state index is 11.8. The van der Waals surface area contributed by atoms with Gasteiger partial charge in [-0.15, -0.1) is 0 Å². The van der Waals surface area contributed by atoms with Crippen molar-refractivity contribution in [2.24, 2.45) is 0 Å². The van der Waals surface area contributed by atoms with E-state index in [0.717, 1.165) is 5.56 Å². The van der Waals surface area contributed by atoms with Gasteiger partial charge in [-0.2, -0.15) is 0 Å². The second kappa shape index (κ2) is 8.32. The zero-order chi connectivity index (χ0) is 21.3. The van der Waals surface area contributed by atoms with Crippen molar-refractivity contribution < 1.29 is 30.0 Å². The second-order valence-corrected chi connectivity index (χ2v) is 7.00. The summed E-state index contributed by atoms with van der Waals surface area (Å²) in [6, 6.07) is 8.24. The molecule has 0 bridgehead atoms.